The normalized spacial score (nSPS) is 13.6. The molecule has 2 atom stereocenters. The van der Waals surface area contributed by atoms with Gasteiger partial charge in [-0.2, -0.15) is 0 Å². The molecule has 0 rings (SSSR count). The van der Waals surface area contributed by atoms with E-state index < -0.39 is 26.5 Å². The van der Waals surface area contributed by atoms with Gasteiger partial charge in [0.1, 0.15) is 19.8 Å². The Labute approximate surface area is 352 Å². The topological polar surface area (TPSA) is 111 Å². The van der Waals surface area contributed by atoms with Crippen molar-refractivity contribution in [1.29, 1.82) is 0 Å². The van der Waals surface area contributed by atoms with Gasteiger partial charge < -0.3 is 27.9 Å². The molecule has 338 valence electrons. The first kappa shape index (κ1) is 55.8. The lowest BCUT2D eigenvalue weighted by Crippen LogP contribution is -2.37. The molecule has 0 aromatic heterocycles. The Morgan fingerprint density at radius 3 is 1.30 bits per heavy atom. The SMILES string of the molecule is CCCCCCCC/C=C\CCCCCCCCCC(=O)OC(COC(=O)CCCCCCCCCCCCCCCCCC)COP(=O)([O-])OCC[N+](C)(C)C. The van der Waals surface area contributed by atoms with Gasteiger partial charge in [0.2, 0.25) is 0 Å². The third-order valence-electron chi connectivity index (χ3n) is 10.5. The highest BCUT2D eigenvalue weighted by atomic mass is 31.2. The molecule has 57 heavy (non-hydrogen) atoms. The summed E-state index contributed by atoms with van der Waals surface area (Å²) in [5.74, 6) is -0.827. The number of ether oxygens (including phenoxy) is 2. The summed E-state index contributed by atoms with van der Waals surface area (Å²) in [6.45, 7) is 4.25. The van der Waals surface area contributed by atoms with Gasteiger partial charge in [0.15, 0.2) is 6.10 Å². The smallest absolute Gasteiger partial charge is 0.306 e. The molecule has 0 spiro atoms. The summed E-state index contributed by atoms with van der Waals surface area (Å²) in [7, 11) is 1.17. The number of phosphoric acid groups is 1. The Morgan fingerprint density at radius 1 is 0.526 bits per heavy atom. The molecule has 10 heteroatoms. The zero-order valence-electron chi connectivity index (χ0n) is 38.1. The van der Waals surface area contributed by atoms with Crippen molar-refractivity contribution in [2.75, 3.05) is 47.5 Å². The van der Waals surface area contributed by atoms with Crippen LogP contribution in [-0.2, 0) is 32.7 Å². The van der Waals surface area contributed by atoms with Crippen LogP contribution in [0.25, 0.3) is 0 Å². The van der Waals surface area contributed by atoms with Crippen LogP contribution in [0.3, 0.4) is 0 Å². The van der Waals surface area contributed by atoms with E-state index in [9.17, 15) is 19.0 Å². The molecule has 0 saturated heterocycles. The Bertz CT molecular complexity index is 985. The van der Waals surface area contributed by atoms with Gasteiger partial charge in [-0.25, -0.2) is 0 Å². The number of esters is 2. The maximum absolute atomic E-state index is 12.7. The van der Waals surface area contributed by atoms with Gasteiger partial charge in [0.05, 0.1) is 27.7 Å². The highest BCUT2D eigenvalue weighted by molar-refractivity contribution is 7.45. The van der Waals surface area contributed by atoms with Gasteiger partial charge in [-0.1, -0.05) is 187 Å². The summed E-state index contributed by atoms with van der Waals surface area (Å²) < 4.78 is 34.0. The summed E-state index contributed by atoms with van der Waals surface area (Å²) in [4.78, 5) is 37.6. The van der Waals surface area contributed by atoms with Crippen LogP contribution in [0.5, 0.6) is 0 Å². The first-order valence-corrected chi connectivity index (χ1v) is 25.4. The van der Waals surface area contributed by atoms with Crippen molar-refractivity contribution in [3.63, 3.8) is 0 Å². The van der Waals surface area contributed by atoms with Gasteiger partial charge in [0.25, 0.3) is 7.82 Å². The molecule has 2 unspecified atom stereocenters. The molecule has 0 N–H and O–H groups in total. The largest absolute Gasteiger partial charge is 0.756 e. The molecule has 0 amide bonds. The maximum atomic E-state index is 12.7. The van der Waals surface area contributed by atoms with Crippen molar-refractivity contribution in [2.24, 2.45) is 0 Å². The van der Waals surface area contributed by atoms with E-state index in [2.05, 4.69) is 26.0 Å². The number of carbonyl (C=O) groups excluding carboxylic acids is 2. The van der Waals surface area contributed by atoms with Crippen molar-refractivity contribution in [1.82, 2.24) is 0 Å². The number of nitrogens with zero attached hydrogens (tertiary/aromatic N) is 1. The minimum absolute atomic E-state index is 0.0284. The highest BCUT2D eigenvalue weighted by Gasteiger charge is 2.21. The third-order valence-corrected chi connectivity index (χ3v) is 11.5. The number of allylic oxidation sites excluding steroid dienone is 2. The van der Waals surface area contributed by atoms with E-state index in [1.165, 1.54) is 148 Å². The molecule has 0 aromatic rings. The van der Waals surface area contributed by atoms with E-state index in [4.69, 9.17) is 18.5 Å². The number of hydrogen-bond acceptors (Lipinski definition) is 8. The van der Waals surface area contributed by atoms with Crippen LogP contribution in [-0.4, -0.2) is 70.0 Å². The van der Waals surface area contributed by atoms with Gasteiger partial charge in [-0.05, 0) is 38.5 Å². The first-order valence-electron chi connectivity index (χ1n) is 23.9. The molecule has 0 fully saturated rings. The van der Waals surface area contributed by atoms with Crippen molar-refractivity contribution >= 4 is 19.8 Å². The monoisotopic (exact) mass is 830 g/mol. The third kappa shape index (κ3) is 44.1. The molecule has 0 heterocycles. The molecule has 0 aliphatic rings. The second-order valence-electron chi connectivity index (χ2n) is 17.5. The summed E-state index contributed by atoms with van der Waals surface area (Å²) >= 11 is 0. The van der Waals surface area contributed by atoms with Crippen LogP contribution >= 0.6 is 7.82 Å². The Balaban J connectivity index is 4.28. The fourth-order valence-electron chi connectivity index (χ4n) is 6.77. The van der Waals surface area contributed by atoms with Crippen LogP contribution in [0, 0.1) is 0 Å². The first-order chi connectivity index (χ1) is 27.5. The molecule has 0 saturated carbocycles. The average Bonchev–Trinajstić information content (AvgIpc) is 3.16. The van der Waals surface area contributed by atoms with Crippen molar-refractivity contribution in [2.45, 2.75) is 232 Å². The van der Waals surface area contributed by atoms with Crippen LogP contribution < -0.4 is 4.89 Å². The van der Waals surface area contributed by atoms with Crippen LogP contribution in [0.4, 0.5) is 0 Å². The van der Waals surface area contributed by atoms with Gasteiger partial charge in [0, 0.05) is 12.8 Å². The zero-order valence-corrected chi connectivity index (χ0v) is 38.9. The molecule has 0 bridgehead atoms. The lowest BCUT2D eigenvalue weighted by molar-refractivity contribution is -0.870. The second-order valence-corrected chi connectivity index (χ2v) is 18.9. The molecular weight excluding hydrogens is 737 g/mol. The van der Waals surface area contributed by atoms with E-state index in [-0.39, 0.29) is 32.0 Å². The van der Waals surface area contributed by atoms with Gasteiger partial charge in [-0.15, -0.1) is 0 Å². The lowest BCUT2D eigenvalue weighted by atomic mass is 10.0. The van der Waals surface area contributed by atoms with Crippen molar-refractivity contribution in [3.05, 3.63) is 12.2 Å². The molecule has 0 radical (unpaired) electrons. The molecule has 9 nitrogen and oxygen atoms in total. The van der Waals surface area contributed by atoms with E-state index in [0.29, 0.717) is 17.4 Å². The maximum Gasteiger partial charge on any atom is 0.306 e. The second kappa shape index (κ2) is 40.2. The Kier molecular flexibility index (Phi) is 39.3. The standard InChI is InChI=1S/C47H92NO8P/c1-6-8-10-12-14-16-18-20-22-24-26-28-30-32-34-36-38-40-47(50)56-45(44-55-57(51,52)54-42-41-48(3,4)5)43-53-46(49)39-37-35-33-31-29-27-25-23-21-19-17-15-13-11-9-7-2/h20,22,45H,6-19,21,23-44H2,1-5H3/b22-20-. The Hall–Kier alpha value is -1.25. The summed E-state index contributed by atoms with van der Waals surface area (Å²) in [6.07, 6.45) is 42.3. The van der Waals surface area contributed by atoms with Crippen molar-refractivity contribution in [3.8, 4) is 0 Å². The average molecular weight is 830 g/mol. The number of hydrogen-bond donors (Lipinski definition) is 0. The van der Waals surface area contributed by atoms with Crippen molar-refractivity contribution < 1.29 is 42.1 Å². The fraction of sp³-hybridized carbons (Fsp3) is 0.915. The van der Waals surface area contributed by atoms with Gasteiger partial charge >= 0.3 is 11.9 Å². The summed E-state index contributed by atoms with van der Waals surface area (Å²) in [5, 5.41) is 0. The molecule has 0 aliphatic carbocycles. The number of carbonyl (C=O) groups is 2. The number of phosphoric ester groups is 1. The van der Waals surface area contributed by atoms with E-state index in [1.807, 2.05) is 21.1 Å². The zero-order chi connectivity index (χ0) is 42.1. The molecular formula is C47H92NO8P. The lowest BCUT2D eigenvalue weighted by Gasteiger charge is -2.28. The van der Waals surface area contributed by atoms with E-state index in [1.54, 1.807) is 0 Å². The fourth-order valence-corrected chi connectivity index (χ4v) is 7.50. The van der Waals surface area contributed by atoms with E-state index >= 15 is 0 Å². The summed E-state index contributed by atoms with van der Waals surface area (Å²) in [6, 6.07) is 0. The number of quaternary nitrogens is 1. The predicted octanol–water partition coefficient (Wildman–Crippen LogP) is 13.1. The molecule has 0 aromatic carbocycles. The summed E-state index contributed by atoms with van der Waals surface area (Å²) in [5.41, 5.74) is 0. The number of unbranched alkanes of at least 4 members (excludes halogenated alkanes) is 28. The van der Waals surface area contributed by atoms with Crippen LogP contribution in [0.2, 0.25) is 0 Å². The number of rotatable bonds is 44. The predicted molar refractivity (Wildman–Crippen MR) is 236 cm³/mol. The van der Waals surface area contributed by atoms with Crippen LogP contribution in [0.15, 0.2) is 12.2 Å². The number of likely N-dealkylation sites (N-methyl/N-ethyl adjacent to an activating group) is 1. The minimum atomic E-state index is -4.62. The van der Waals surface area contributed by atoms with Crippen LogP contribution in [0.1, 0.15) is 226 Å². The van der Waals surface area contributed by atoms with E-state index in [0.717, 1.165) is 44.9 Å². The quantitative estimate of drug-likeness (QED) is 0.0196. The van der Waals surface area contributed by atoms with Gasteiger partial charge in [-0.3, -0.25) is 14.2 Å². The highest BCUT2D eigenvalue weighted by Crippen LogP contribution is 2.38. The minimum Gasteiger partial charge on any atom is -0.756 e. The molecule has 0 aliphatic heterocycles. The Morgan fingerprint density at radius 2 is 0.895 bits per heavy atom.